The number of carbonyl (C=O) groups is 2. The fourth-order valence-electron chi connectivity index (χ4n) is 2.69. The summed E-state index contributed by atoms with van der Waals surface area (Å²) in [5.74, 6) is 0.612. The average molecular weight is 309 g/mol. The molecule has 0 saturated heterocycles. The smallest absolute Gasteiger partial charge is 0.258 e. The van der Waals surface area contributed by atoms with Crippen molar-refractivity contribution in [3.8, 4) is 5.75 Å². The second-order valence-corrected chi connectivity index (χ2v) is 5.76. The Morgan fingerprint density at radius 2 is 1.91 bits per heavy atom. The Morgan fingerprint density at radius 3 is 2.70 bits per heavy atom. The summed E-state index contributed by atoms with van der Waals surface area (Å²) < 4.78 is 5.60. The van der Waals surface area contributed by atoms with Crippen LogP contribution in [0.15, 0.2) is 42.5 Å². The van der Waals surface area contributed by atoms with Gasteiger partial charge in [-0.3, -0.25) is 9.59 Å². The van der Waals surface area contributed by atoms with E-state index in [9.17, 15) is 9.59 Å². The largest absolute Gasteiger partial charge is 0.483 e. The summed E-state index contributed by atoms with van der Waals surface area (Å²) in [5.41, 5.74) is 3.89. The van der Waals surface area contributed by atoms with Crippen molar-refractivity contribution in [1.29, 1.82) is 0 Å². The van der Waals surface area contributed by atoms with Crippen LogP contribution < -0.4 is 10.1 Å². The van der Waals surface area contributed by atoms with Crippen molar-refractivity contribution in [2.75, 3.05) is 6.61 Å². The molecule has 0 fully saturated rings. The third-order valence-electron chi connectivity index (χ3n) is 4.00. The highest BCUT2D eigenvalue weighted by atomic mass is 16.5. The van der Waals surface area contributed by atoms with Gasteiger partial charge in [0.15, 0.2) is 12.4 Å². The molecule has 1 amide bonds. The molecule has 4 heteroatoms. The standard InChI is InChI=1S/C19H19NO3/c1-13-5-7-14(8-6-13)11-20-19(22)12-23-18-4-2-3-15-16(18)9-10-17(15)21/h2-8H,9-12H2,1H3,(H,20,22). The molecule has 2 aromatic rings. The quantitative estimate of drug-likeness (QED) is 0.924. The van der Waals surface area contributed by atoms with Crippen LogP contribution in [0.4, 0.5) is 0 Å². The molecule has 4 nitrogen and oxygen atoms in total. The van der Waals surface area contributed by atoms with Crippen LogP contribution in [0.5, 0.6) is 5.75 Å². The van der Waals surface area contributed by atoms with E-state index in [4.69, 9.17) is 4.74 Å². The van der Waals surface area contributed by atoms with Gasteiger partial charge in [-0.25, -0.2) is 0 Å². The minimum Gasteiger partial charge on any atom is -0.483 e. The van der Waals surface area contributed by atoms with Gasteiger partial charge in [0, 0.05) is 24.1 Å². The van der Waals surface area contributed by atoms with E-state index in [1.165, 1.54) is 5.56 Å². The van der Waals surface area contributed by atoms with E-state index >= 15 is 0 Å². The fourth-order valence-corrected chi connectivity index (χ4v) is 2.69. The van der Waals surface area contributed by atoms with Crippen LogP contribution in [0.25, 0.3) is 0 Å². The first-order valence-corrected chi connectivity index (χ1v) is 7.73. The van der Waals surface area contributed by atoms with E-state index in [0.29, 0.717) is 25.1 Å². The highest BCUT2D eigenvalue weighted by Gasteiger charge is 2.22. The number of fused-ring (bicyclic) bond motifs is 1. The maximum atomic E-state index is 11.9. The van der Waals surface area contributed by atoms with E-state index in [1.54, 1.807) is 6.07 Å². The number of ketones is 1. The van der Waals surface area contributed by atoms with Crippen molar-refractivity contribution >= 4 is 11.7 Å². The van der Waals surface area contributed by atoms with Gasteiger partial charge in [-0.2, -0.15) is 0 Å². The Labute approximate surface area is 135 Å². The van der Waals surface area contributed by atoms with Crippen LogP contribution in [-0.4, -0.2) is 18.3 Å². The molecule has 118 valence electrons. The van der Waals surface area contributed by atoms with Gasteiger partial charge in [0.2, 0.25) is 0 Å². The zero-order valence-corrected chi connectivity index (χ0v) is 13.1. The lowest BCUT2D eigenvalue weighted by molar-refractivity contribution is -0.123. The summed E-state index contributed by atoms with van der Waals surface area (Å²) >= 11 is 0. The van der Waals surface area contributed by atoms with Gasteiger partial charge in [0.1, 0.15) is 5.75 Å². The molecule has 2 aromatic carbocycles. The molecular formula is C19H19NO3. The average Bonchev–Trinajstić information content (AvgIpc) is 2.94. The number of carbonyl (C=O) groups excluding carboxylic acids is 2. The van der Waals surface area contributed by atoms with E-state index in [2.05, 4.69) is 5.32 Å². The van der Waals surface area contributed by atoms with Crippen molar-refractivity contribution in [1.82, 2.24) is 5.32 Å². The minimum atomic E-state index is -0.174. The van der Waals surface area contributed by atoms with Gasteiger partial charge in [-0.15, -0.1) is 0 Å². The van der Waals surface area contributed by atoms with E-state index < -0.39 is 0 Å². The Kier molecular flexibility index (Phi) is 4.42. The van der Waals surface area contributed by atoms with Crippen LogP contribution in [0.1, 0.15) is 33.5 Å². The first-order chi connectivity index (χ1) is 11.1. The van der Waals surface area contributed by atoms with Crippen molar-refractivity contribution in [2.45, 2.75) is 26.3 Å². The second-order valence-electron chi connectivity index (χ2n) is 5.76. The molecule has 0 aromatic heterocycles. The number of aryl methyl sites for hydroxylation is 1. The molecule has 0 spiro atoms. The number of nitrogens with one attached hydrogen (secondary N) is 1. The molecule has 23 heavy (non-hydrogen) atoms. The zero-order valence-electron chi connectivity index (χ0n) is 13.1. The minimum absolute atomic E-state index is 0.0451. The number of rotatable bonds is 5. The van der Waals surface area contributed by atoms with Gasteiger partial charge < -0.3 is 10.1 Å². The third-order valence-corrected chi connectivity index (χ3v) is 4.00. The van der Waals surface area contributed by atoms with Crippen molar-refractivity contribution in [3.63, 3.8) is 0 Å². The van der Waals surface area contributed by atoms with Crippen LogP contribution in [-0.2, 0) is 17.8 Å². The second kappa shape index (κ2) is 6.65. The molecule has 0 bridgehead atoms. The molecule has 1 aliphatic rings. The molecule has 0 aliphatic heterocycles. The summed E-state index contributed by atoms with van der Waals surface area (Å²) in [5, 5.41) is 2.83. The third kappa shape index (κ3) is 3.59. The van der Waals surface area contributed by atoms with Crippen LogP contribution in [0.2, 0.25) is 0 Å². The number of Topliss-reactive ketones (excluding diaryl/α,β-unsaturated/α-hetero) is 1. The van der Waals surface area contributed by atoms with Gasteiger partial charge in [-0.05, 0) is 25.0 Å². The maximum absolute atomic E-state index is 11.9. The Hall–Kier alpha value is -2.62. The van der Waals surface area contributed by atoms with Crippen LogP contribution >= 0.6 is 0 Å². The fraction of sp³-hybridized carbons (Fsp3) is 0.263. The first-order valence-electron chi connectivity index (χ1n) is 7.73. The summed E-state index contributed by atoms with van der Waals surface area (Å²) in [6, 6.07) is 13.4. The highest BCUT2D eigenvalue weighted by Crippen LogP contribution is 2.30. The maximum Gasteiger partial charge on any atom is 0.258 e. The summed E-state index contributed by atoms with van der Waals surface area (Å²) in [7, 11) is 0. The lowest BCUT2D eigenvalue weighted by Crippen LogP contribution is -2.28. The zero-order chi connectivity index (χ0) is 16.2. The number of hydrogen-bond acceptors (Lipinski definition) is 3. The highest BCUT2D eigenvalue weighted by molar-refractivity contribution is 6.01. The lowest BCUT2D eigenvalue weighted by atomic mass is 10.1. The van der Waals surface area contributed by atoms with Gasteiger partial charge in [-0.1, -0.05) is 42.0 Å². The SMILES string of the molecule is Cc1ccc(CNC(=O)COc2cccc3c2CCC3=O)cc1. The van der Waals surface area contributed by atoms with Gasteiger partial charge in [0.25, 0.3) is 5.91 Å². The molecule has 0 unspecified atom stereocenters. The molecule has 1 aliphatic carbocycles. The summed E-state index contributed by atoms with van der Waals surface area (Å²) in [6.07, 6.45) is 1.21. The number of amides is 1. The summed E-state index contributed by atoms with van der Waals surface area (Å²) in [4.78, 5) is 23.6. The van der Waals surface area contributed by atoms with E-state index in [-0.39, 0.29) is 18.3 Å². The lowest BCUT2D eigenvalue weighted by Gasteiger charge is -2.10. The molecule has 0 radical (unpaired) electrons. The van der Waals surface area contributed by atoms with E-state index in [0.717, 1.165) is 16.7 Å². The molecule has 0 saturated carbocycles. The van der Waals surface area contributed by atoms with E-state index in [1.807, 2.05) is 43.3 Å². The topological polar surface area (TPSA) is 55.4 Å². The predicted molar refractivity (Wildman–Crippen MR) is 87.6 cm³/mol. The Bertz CT molecular complexity index is 735. The number of hydrogen-bond donors (Lipinski definition) is 1. The Balaban J connectivity index is 1.54. The van der Waals surface area contributed by atoms with Crippen molar-refractivity contribution in [2.24, 2.45) is 0 Å². The van der Waals surface area contributed by atoms with Crippen molar-refractivity contribution < 1.29 is 14.3 Å². The van der Waals surface area contributed by atoms with Gasteiger partial charge >= 0.3 is 0 Å². The molecule has 3 rings (SSSR count). The normalized spacial score (nSPS) is 12.8. The van der Waals surface area contributed by atoms with Crippen molar-refractivity contribution in [3.05, 3.63) is 64.7 Å². The Morgan fingerprint density at radius 1 is 1.13 bits per heavy atom. The monoisotopic (exact) mass is 309 g/mol. The number of benzene rings is 2. The predicted octanol–water partition coefficient (Wildman–Crippen LogP) is 2.82. The molecular weight excluding hydrogens is 290 g/mol. The first kappa shape index (κ1) is 15.3. The van der Waals surface area contributed by atoms with Crippen LogP contribution in [0.3, 0.4) is 0 Å². The number of ether oxygens (including phenoxy) is 1. The van der Waals surface area contributed by atoms with Crippen LogP contribution in [0, 0.1) is 6.92 Å². The molecule has 1 N–H and O–H groups in total. The molecule has 0 heterocycles. The molecule has 0 atom stereocenters. The van der Waals surface area contributed by atoms with Gasteiger partial charge in [0.05, 0.1) is 0 Å². The summed E-state index contributed by atoms with van der Waals surface area (Å²) in [6.45, 7) is 2.46.